The molecule has 26 heavy (non-hydrogen) atoms. The third-order valence-electron chi connectivity index (χ3n) is 7.21. The highest BCUT2D eigenvalue weighted by Gasteiger charge is 2.66. The van der Waals surface area contributed by atoms with Gasteiger partial charge in [0.1, 0.15) is 6.10 Å². The van der Waals surface area contributed by atoms with E-state index in [4.69, 9.17) is 9.15 Å². The number of carbonyl (C=O) groups is 2. The van der Waals surface area contributed by atoms with E-state index in [1.807, 2.05) is 15.9 Å². The Balaban J connectivity index is 1.31. The zero-order chi connectivity index (χ0) is 17.8. The number of amides is 2. The standard InChI is InChI=1S/C20H26N2O4/c23-17(9-15-4-8-25-10-15)21-11-19-5-2-6-20(19,12-21)14-22(13-19)18(24)16-3-1-7-26-16/h4,8,10,16H,1-3,5-7,9,11-14H2/t16-,19?,20?/m1/s1. The van der Waals surface area contributed by atoms with Crippen LogP contribution < -0.4 is 0 Å². The minimum atomic E-state index is -0.235. The van der Waals surface area contributed by atoms with Crippen LogP contribution in [0.25, 0.3) is 0 Å². The largest absolute Gasteiger partial charge is 0.472 e. The van der Waals surface area contributed by atoms with Gasteiger partial charge in [-0.15, -0.1) is 0 Å². The van der Waals surface area contributed by atoms with E-state index in [9.17, 15) is 9.59 Å². The van der Waals surface area contributed by atoms with Crippen molar-refractivity contribution in [2.75, 3.05) is 32.8 Å². The summed E-state index contributed by atoms with van der Waals surface area (Å²) < 4.78 is 10.7. The van der Waals surface area contributed by atoms with Crippen molar-refractivity contribution in [2.45, 2.75) is 44.6 Å². The van der Waals surface area contributed by atoms with E-state index in [1.165, 1.54) is 6.42 Å². The van der Waals surface area contributed by atoms with Crippen LogP contribution in [-0.2, 0) is 20.7 Å². The molecule has 6 nitrogen and oxygen atoms in total. The predicted octanol–water partition coefficient (Wildman–Crippen LogP) is 1.84. The number of carbonyl (C=O) groups excluding carboxylic acids is 2. The first-order valence-electron chi connectivity index (χ1n) is 9.80. The summed E-state index contributed by atoms with van der Waals surface area (Å²) in [5, 5.41) is 0. The molecule has 6 heteroatoms. The maximum Gasteiger partial charge on any atom is 0.251 e. The van der Waals surface area contributed by atoms with Gasteiger partial charge in [0.05, 0.1) is 18.9 Å². The first-order valence-corrected chi connectivity index (χ1v) is 9.80. The number of nitrogens with zero attached hydrogens (tertiary/aromatic N) is 2. The molecule has 4 fully saturated rings. The summed E-state index contributed by atoms with van der Waals surface area (Å²) in [5.41, 5.74) is 1.11. The fourth-order valence-electron chi connectivity index (χ4n) is 5.94. The normalized spacial score (nSPS) is 35.8. The Hall–Kier alpha value is -1.82. The number of likely N-dealkylation sites (tertiary alicyclic amines) is 2. The molecule has 2 amide bonds. The molecule has 3 aliphatic heterocycles. The molecule has 1 aromatic rings. The van der Waals surface area contributed by atoms with Gasteiger partial charge < -0.3 is 19.0 Å². The lowest BCUT2D eigenvalue weighted by atomic mass is 9.71. The maximum absolute atomic E-state index is 12.8. The Morgan fingerprint density at radius 3 is 2.42 bits per heavy atom. The van der Waals surface area contributed by atoms with Crippen LogP contribution in [0, 0.1) is 10.8 Å². The number of furan rings is 1. The Kier molecular flexibility index (Phi) is 3.68. The highest BCUT2D eigenvalue weighted by molar-refractivity contribution is 5.82. The molecule has 2 unspecified atom stereocenters. The van der Waals surface area contributed by atoms with Gasteiger partial charge >= 0.3 is 0 Å². The Bertz CT molecular complexity index is 689. The van der Waals surface area contributed by atoms with Gasteiger partial charge in [0.2, 0.25) is 5.91 Å². The van der Waals surface area contributed by atoms with Gasteiger partial charge in [0.15, 0.2) is 0 Å². The van der Waals surface area contributed by atoms with E-state index < -0.39 is 0 Å². The molecule has 1 aromatic heterocycles. The molecule has 0 N–H and O–H groups in total. The lowest BCUT2D eigenvalue weighted by Gasteiger charge is -2.29. The van der Waals surface area contributed by atoms with Crippen molar-refractivity contribution in [2.24, 2.45) is 10.8 Å². The first-order chi connectivity index (χ1) is 12.6. The highest BCUT2D eigenvalue weighted by atomic mass is 16.5. The molecular weight excluding hydrogens is 332 g/mol. The van der Waals surface area contributed by atoms with Gasteiger partial charge in [-0.2, -0.15) is 0 Å². The van der Waals surface area contributed by atoms with Gasteiger partial charge in [-0.05, 0) is 37.3 Å². The number of hydrogen-bond donors (Lipinski definition) is 0. The fourth-order valence-corrected chi connectivity index (χ4v) is 5.94. The van der Waals surface area contributed by atoms with Crippen molar-refractivity contribution in [3.05, 3.63) is 24.2 Å². The van der Waals surface area contributed by atoms with Crippen molar-refractivity contribution in [3.8, 4) is 0 Å². The predicted molar refractivity (Wildman–Crippen MR) is 93.3 cm³/mol. The highest BCUT2D eigenvalue weighted by Crippen LogP contribution is 2.62. The van der Waals surface area contributed by atoms with E-state index in [-0.39, 0.29) is 28.7 Å². The third kappa shape index (κ3) is 2.34. The molecular formula is C20H26N2O4. The average molecular weight is 358 g/mol. The smallest absolute Gasteiger partial charge is 0.251 e. The molecule has 3 saturated heterocycles. The molecule has 1 aliphatic carbocycles. The lowest BCUT2D eigenvalue weighted by Crippen LogP contribution is -2.43. The van der Waals surface area contributed by atoms with Crippen LogP contribution in [0.4, 0.5) is 0 Å². The quantitative estimate of drug-likeness (QED) is 0.827. The van der Waals surface area contributed by atoms with Crippen LogP contribution in [0.1, 0.15) is 37.7 Å². The van der Waals surface area contributed by atoms with Crippen LogP contribution >= 0.6 is 0 Å². The van der Waals surface area contributed by atoms with Crippen LogP contribution in [0.5, 0.6) is 0 Å². The molecule has 5 rings (SSSR count). The van der Waals surface area contributed by atoms with Gasteiger partial charge in [0.25, 0.3) is 5.91 Å². The number of ether oxygens (including phenoxy) is 1. The number of rotatable bonds is 3. The van der Waals surface area contributed by atoms with Crippen molar-refractivity contribution in [1.29, 1.82) is 0 Å². The van der Waals surface area contributed by atoms with Crippen molar-refractivity contribution < 1.29 is 18.7 Å². The summed E-state index contributed by atoms with van der Waals surface area (Å²) in [6.07, 6.45) is 8.72. The summed E-state index contributed by atoms with van der Waals surface area (Å²) in [5.74, 6) is 0.354. The van der Waals surface area contributed by atoms with E-state index in [1.54, 1.807) is 12.5 Å². The topological polar surface area (TPSA) is 63.0 Å². The molecule has 0 aromatic carbocycles. The minimum Gasteiger partial charge on any atom is -0.472 e. The molecule has 0 radical (unpaired) electrons. The first kappa shape index (κ1) is 16.4. The Morgan fingerprint density at radius 1 is 1.08 bits per heavy atom. The maximum atomic E-state index is 12.8. The second-order valence-electron chi connectivity index (χ2n) is 8.67. The van der Waals surface area contributed by atoms with E-state index in [0.717, 1.165) is 57.4 Å². The van der Waals surface area contributed by atoms with Crippen molar-refractivity contribution >= 4 is 11.8 Å². The molecule has 0 spiro atoms. The zero-order valence-electron chi connectivity index (χ0n) is 15.1. The van der Waals surface area contributed by atoms with Gasteiger partial charge in [0, 0.05) is 43.6 Å². The minimum absolute atomic E-state index is 0.0906. The van der Waals surface area contributed by atoms with Crippen molar-refractivity contribution in [3.63, 3.8) is 0 Å². The van der Waals surface area contributed by atoms with E-state index in [0.29, 0.717) is 13.0 Å². The number of hydrogen-bond acceptors (Lipinski definition) is 4. The van der Waals surface area contributed by atoms with Crippen molar-refractivity contribution in [1.82, 2.24) is 9.80 Å². The van der Waals surface area contributed by atoms with Crippen LogP contribution in [0.2, 0.25) is 0 Å². The average Bonchev–Trinajstić information content (AvgIpc) is 3.36. The second-order valence-corrected chi connectivity index (χ2v) is 8.67. The van der Waals surface area contributed by atoms with Gasteiger partial charge in [-0.1, -0.05) is 6.42 Å². The fraction of sp³-hybridized carbons (Fsp3) is 0.700. The molecule has 0 bridgehead atoms. The van der Waals surface area contributed by atoms with E-state index >= 15 is 0 Å². The van der Waals surface area contributed by atoms with Gasteiger partial charge in [-0.25, -0.2) is 0 Å². The monoisotopic (exact) mass is 358 g/mol. The lowest BCUT2D eigenvalue weighted by molar-refractivity contribution is -0.141. The zero-order valence-corrected chi connectivity index (χ0v) is 15.1. The molecule has 1 saturated carbocycles. The summed E-state index contributed by atoms with van der Waals surface area (Å²) >= 11 is 0. The third-order valence-corrected chi connectivity index (χ3v) is 7.21. The van der Waals surface area contributed by atoms with Crippen LogP contribution in [0.3, 0.4) is 0 Å². The molecule has 3 atom stereocenters. The molecule has 140 valence electrons. The summed E-state index contributed by atoms with van der Waals surface area (Å²) in [6, 6.07) is 1.86. The molecule has 4 aliphatic rings. The Labute approximate surface area is 153 Å². The summed E-state index contributed by atoms with van der Waals surface area (Å²) in [4.78, 5) is 29.7. The SMILES string of the molecule is O=C(Cc1ccoc1)N1CC23CCCC2(C1)CN(C(=O)[C@H]1CCCO1)C3. The summed E-state index contributed by atoms with van der Waals surface area (Å²) in [7, 11) is 0. The Morgan fingerprint density at radius 2 is 1.81 bits per heavy atom. The molecule has 4 heterocycles. The van der Waals surface area contributed by atoms with Crippen LogP contribution in [-0.4, -0.2) is 60.5 Å². The second kappa shape index (κ2) is 5.84. The van der Waals surface area contributed by atoms with E-state index in [2.05, 4.69) is 0 Å². The summed E-state index contributed by atoms with van der Waals surface area (Å²) in [6.45, 7) is 3.87. The van der Waals surface area contributed by atoms with Crippen LogP contribution in [0.15, 0.2) is 23.0 Å². The van der Waals surface area contributed by atoms with Gasteiger partial charge in [-0.3, -0.25) is 9.59 Å².